The monoisotopic (exact) mass is 194 g/mol. The molecule has 1 atom stereocenters. The second kappa shape index (κ2) is 4.05. The Balaban J connectivity index is 0.000000720. The third kappa shape index (κ3) is 1.66. The third-order valence-electron chi connectivity index (χ3n) is 2.06. The molecule has 3 nitrogen and oxygen atoms in total. The molecular formula is C7H9NNaO2S. The summed E-state index contributed by atoms with van der Waals surface area (Å²) in [5.41, 5.74) is 0.500. The van der Waals surface area contributed by atoms with Gasteiger partial charge in [0.1, 0.15) is 5.70 Å². The predicted octanol–water partition coefficient (Wildman–Crippen LogP) is 0.353. The molecule has 1 unspecified atom stereocenters. The molecule has 0 amide bonds. The number of nitrogens with zero attached hydrogens (tertiary/aromatic N) is 1. The summed E-state index contributed by atoms with van der Waals surface area (Å²) >= 11 is 1.82. The Morgan fingerprint density at radius 1 is 1.75 bits per heavy atom. The molecule has 0 aromatic rings. The maximum absolute atomic E-state index is 10.6. The smallest absolute Gasteiger partial charge is 0.351 e. The Kier molecular flexibility index (Phi) is 3.52. The van der Waals surface area contributed by atoms with Crippen LogP contribution in [0.25, 0.3) is 0 Å². The molecule has 2 heterocycles. The van der Waals surface area contributed by atoms with E-state index in [0.29, 0.717) is 11.1 Å². The average Bonchev–Trinajstić information content (AvgIpc) is 1.90. The van der Waals surface area contributed by atoms with Crippen molar-refractivity contribution in [3.8, 4) is 0 Å². The van der Waals surface area contributed by atoms with Gasteiger partial charge in [-0.2, -0.15) is 0 Å². The molecule has 5 heteroatoms. The number of fused-ring (bicyclic) bond motifs is 1. The molecule has 0 aromatic carbocycles. The number of thioether (sulfide) groups is 1. The van der Waals surface area contributed by atoms with Gasteiger partial charge < -0.3 is 10.0 Å². The van der Waals surface area contributed by atoms with Gasteiger partial charge in [-0.15, -0.1) is 11.8 Å². The molecule has 0 saturated carbocycles. The fourth-order valence-electron chi connectivity index (χ4n) is 1.38. The molecule has 0 aliphatic carbocycles. The first-order chi connectivity index (χ1) is 5.29. The summed E-state index contributed by atoms with van der Waals surface area (Å²) in [6, 6.07) is 0. The minimum absolute atomic E-state index is 0. The minimum atomic E-state index is -0.782. The van der Waals surface area contributed by atoms with Gasteiger partial charge in [0.25, 0.3) is 0 Å². The van der Waals surface area contributed by atoms with Gasteiger partial charge in [0.05, 0.1) is 5.37 Å². The van der Waals surface area contributed by atoms with E-state index in [4.69, 9.17) is 5.11 Å². The summed E-state index contributed by atoms with van der Waals surface area (Å²) in [7, 11) is 0. The zero-order chi connectivity index (χ0) is 7.84. The molecule has 0 bridgehead atoms. The molecule has 2 rings (SSSR count). The van der Waals surface area contributed by atoms with E-state index < -0.39 is 5.97 Å². The number of hydrogen-bond acceptors (Lipinski definition) is 3. The van der Waals surface area contributed by atoms with Crippen LogP contribution in [-0.2, 0) is 4.79 Å². The number of carboxylic acid groups (broad SMARTS) is 1. The Bertz CT molecular complexity index is 231. The molecule has 1 N–H and O–H groups in total. The van der Waals surface area contributed by atoms with Gasteiger partial charge in [0, 0.05) is 41.9 Å². The fraction of sp³-hybridized carbons (Fsp3) is 0.571. The number of rotatable bonds is 1. The van der Waals surface area contributed by atoms with Crippen LogP contribution in [0.5, 0.6) is 0 Å². The zero-order valence-corrected chi connectivity index (χ0v) is 9.80. The Hall–Kier alpha value is 0.360. The van der Waals surface area contributed by atoms with Gasteiger partial charge in [-0.25, -0.2) is 4.79 Å². The van der Waals surface area contributed by atoms with Gasteiger partial charge in [-0.3, -0.25) is 0 Å². The summed E-state index contributed by atoms with van der Waals surface area (Å²) in [6.07, 6.45) is 2.93. The van der Waals surface area contributed by atoms with Crippen LogP contribution in [0.15, 0.2) is 11.8 Å². The summed E-state index contributed by atoms with van der Waals surface area (Å²) < 4.78 is 0. The summed E-state index contributed by atoms with van der Waals surface area (Å²) in [5.74, 6) is 0.0676. The quantitative estimate of drug-likeness (QED) is 0.612. The van der Waals surface area contributed by atoms with Crippen molar-refractivity contribution in [1.29, 1.82) is 0 Å². The number of carboxylic acids is 1. The maximum Gasteiger partial charge on any atom is 0.351 e. The number of aliphatic carboxylic acids is 1. The molecule has 61 valence electrons. The van der Waals surface area contributed by atoms with Gasteiger partial charge in [0.15, 0.2) is 0 Å². The van der Waals surface area contributed by atoms with Crippen molar-refractivity contribution >= 4 is 47.3 Å². The molecule has 0 aromatic heterocycles. The molecule has 12 heavy (non-hydrogen) atoms. The molecule has 0 spiro atoms. The van der Waals surface area contributed by atoms with Crippen molar-refractivity contribution in [2.24, 2.45) is 0 Å². The van der Waals surface area contributed by atoms with Crippen molar-refractivity contribution in [2.75, 3.05) is 12.3 Å². The van der Waals surface area contributed by atoms with Crippen LogP contribution in [-0.4, -0.2) is 63.2 Å². The van der Waals surface area contributed by atoms with E-state index in [0.717, 1.165) is 18.7 Å². The zero-order valence-electron chi connectivity index (χ0n) is 6.99. The summed E-state index contributed by atoms with van der Waals surface area (Å²) in [5, 5.41) is 9.19. The molecule has 1 saturated heterocycles. The number of carbonyl (C=O) groups is 1. The summed E-state index contributed by atoms with van der Waals surface area (Å²) in [4.78, 5) is 12.6. The Labute approximate surface area is 97.5 Å². The fourth-order valence-corrected chi connectivity index (χ4v) is 2.53. The normalized spacial score (nSPS) is 26.2. The van der Waals surface area contributed by atoms with Crippen molar-refractivity contribution in [3.63, 3.8) is 0 Å². The Morgan fingerprint density at radius 2 is 2.50 bits per heavy atom. The van der Waals surface area contributed by atoms with Gasteiger partial charge in [-0.05, 0) is 12.5 Å². The molecular weight excluding hydrogens is 185 g/mol. The largest absolute Gasteiger partial charge is 0.477 e. The molecule has 2 aliphatic heterocycles. The first-order valence-electron chi connectivity index (χ1n) is 3.61. The van der Waals surface area contributed by atoms with Crippen molar-refractivity contribution < 1.29 is 9.90 Å². The van der Waals surface area contributed by atoms with E-state index in [1.807, 2.05) is 16.7 Å². The predicted molar refractivity (Wildman–Crippen MR) is 49.0 cm³/mol. The first-order valence-corrected chi connectivity index (χ1v) is 4.65. The van der Waals surface area contributed by atoms with Crippen LogP contribution < -0.4 is 0 Å². The second-order valence-corrected chi connectivity index (χ2v) is 3.88. The van der Waals surface area contributed by atoms with Crippen LogP contribution in [0.3, 0.4) is 0 Å². The van der Waals surface area contributed by atoms with Gasteiger partial charge in [0.2, 0.25) is 0 Å². The molecule has 2 aliphatic rings. The molecule has 1 radical (unpaired) electrons. The minimum Gasteiger partial charge on any atom is -0.477 e. The first kappa shape index (κ1) is 10.4. The number of hydrogen-bond donors (Lipinski definition) is 1. The van der Waals surface area contributed by atoms with Crippen LogP contribution in [0.4, 0.5) is 0 Å². The SMILES string of the molecule is O=C(O)C1=CCSC2CCN12.[Na]. The van der Waals surface area contributed by atoms with E-state index in [1.54, 1.807) is 6.08 Å². The van der Waals surface area contributed by atoms with Gasteiger partial charge >= 0.3 is 5.97 Å². The van der Waals surface area contributed by atoms with Gasteiger partial charge in [-0.1, -0.05) is 0 Å². The standard InChI is InChI=1S/C7H9NO2S.Na/c9-7(10)5-2-4-11-6-1-3-8(5)6;/h2,6H,1,3-4H2,(H,9,10);. The average molecular weight is 194 g/mol. The second-order valence-electron chi connectivity index (χ2n) is 2.66. The van der Waals surface area contributed by atoms with Crippen molar-refractivity contribution in [1.82, 2.24) is 4.90 Å². The van der Waals surface area contributed by atoms with Crippen LogP contribution in [0.2, 0.25) is 0 Å². The third-order valence-corrected chi connectivity index (χ3v) is 3.29. The Morgan fingerprint density at radius 3 is 2.92 bits per heavy atom. The van der Waals surface area contributed by atoms with E-state index in [-0.39, 0.29) is 29.6 Å². The van der Waals surface area contributed by atoms with E-state index in [9.17, 15) is 4.79 Å². The topological polar surface area (TPSA) is 40.5 Å². The van der Waals surface area contributed by atoms with Crippen LogP contribution >= 0.6 is 11.8 Å². The van der Waals surface area contributed by atoms with Crippen LogP contribution in [0, 0.1) is 0 Å². The van der Waals surface area contributed by atoms with E-state index in [2.05, 4.69) is 0 Å². The van der Waals surface area contributed by atoms with Crippen LogP contribution in [0.1, 0.15) is 6.42 Å². The van der Waals surface area contributed by atoms with E-state index >= 15 is 0 Å². The summed E-state index contributed by atoms with van der Waals surface area (Å²) in [6.45, 7) is 0.913. The molecule has 1 fully saturated rings. The van der Waals surface area contributed by atoms with E-state index in [1.165, 1.54) is 0 Å². The maximum atomic E-state index is 10.6. The van der Waals surface area contributed by atoms with Crippen molar-refractivity contribution in [3.05, 3.63) is 11.8 Å². The van der Waals surface area contributed by atoms with Crippen molar-refractivity contribution in [2.45, 2.75) is 11.8 Å².